The summed E-state index contributed by atoms with van der Waals surface area (Å²) in [5.41, 5.74) is 4.07. The van der Waals surface area contributed by atoms with Gasteiger partial charge in [0.05, 0.1) is 17.2 Å². The maximum absolute atomic E-state index is 12.4. The van der Waals surface area contributed by atoms with Crippen molar-refractivity contribution in [1.82, 2.24) is 10.2 Å². The molecule has 27 heavy (non-hydrogen) atoms. The molecule has 0 aromatic heterocycles. The number of nitrogens with zero attached hydrogens (tertiary/aromatic N) is 1. The SMILES string of the molecule is Cc1ccc(C(C)NC(=O)CCCN2C(=O)c3ccc(C)cc3C2=O)cc1. The largest absolute Gasteiger partial charge is 0.350 e. The van der Waals surface area contributed by atoms with Crippen LogP contribution in [0.15, 0.2) is 42.5 Å². The van der Waals surface area contributed by atoms with Crippen molar-refractivity contribution in [2.24, 2.45) is 0 Å². The van der Waals surface area contributed by atoms with E-state index in [-0.39, 0.29) is 36.7 Å². The Morgan fingerprint density at radius 1 is 0.963 bits per heavy atom. The minimum absolute atomic E-state index is 0.0830. The quantitative estimate of drug-likeness (QED) is 0.797. The number of imide groups is 1. The van der Waals surface area contributed by atoms with E-state index >= 15 is 0 Å². The molecule has 0 saturated carbocycles. The van der Waals surface area contributed by atoms with Gasteiger partial charge in [-0.05, 0) is 44.9 Å². The van der Waals surface area contributed by atoms with Gasteiger partial charge in [0, 0.05) is 13.0 Å². The molecule has 1 aliphatic rings. The van der Waals surface area contributed by atoms with Crippen molar-refractivity contribution in [3.63, 3.8) is 0 Å². The van der Waals surface area contributed by atoms with Crippen molar-refractivity contribution in [2.75, 3.05) is 6.54 Å². The number of nitrogens with one attached hydrogen (secondary N) is 1. The number of benzene rings is 2. The number of rotatable bonds is 6. The van der Waals surface area contributed by atoms with Gasteiger partial charge in [-0.2, -0.15) is 0 Å². The standard InChI is InChI=1S/C22H24N2O3/c1-14-6-9-17(10-7-14)16(3)23-20(25)5-4-12-24-21(26)18-11-8-15(2)13-19(18)22(24)27/h6-11,13,16H,4-5,12H2,1-3H3,(H,23,25). The maximum Gasteiger partial charge on any atom is 0.261 e. The van der Waals surface area contributed by atoms with Crippen LogP contribution >= 0.6 is 0 Å². The zero-order valence-electron chi connectivity index (χ0n) is 15.9. The van der Waals surface area contributed by atoms with Crippen molar-refractivity contribution in [2.45, 2.75) is 39.7 Å². The van der Waals surface area contributed by atoms with Crippen LogP contribution in [-0.4, -0.2) is 29.2 Å². The van der Waals surface area contributed by atoms with E-state index in [1.165, 1.54) is 10.5 Å². The molecule has 1 N–H and O–H groups in total. The summed E-state index contributed by atoms with van der Waals surface area (Å²) >= 11 is 0. The first-order chi connectivity index (χ1) is 12.9. The van der Waals surface area contributed by atoms with E-state index in [2.05, 4.69) is 5.32 Å². The third kappa shape index (κ3) is 4.08. The number of amides is 3. The molecule has 1 aliphatic heterocycles. The number of aryl methyl sites for hydroxylation is 2. The molecule has 1 unspecified atom stereocenters. The predicted octanol–water partition coefficient (Wildman–Crippen LogP) is 3.56. The first-order valence-electron chi connectivity index (χ1n) is 9.19. The molecule has 5 heteroatoms. The van der Waals surface area contributed by atoms with Gasteiger partial charge in [-0.25, -0.2) is 0 Å². The fourth-order valence-corrected chi connectivity index (χ4v) is 3.26. The Morgan fingerprint density at radius 3 is 2.30 bits per heavy atom. The molecule has 1 atom stereocenters. The average molecular weight is 364 g/mol. The Morgan fingerprint density at radius 2 is 1.59 bits per heavy atom. The molecule has 5 nitrogen and oxygen atoms in total. The van der Waals surface area contributed by atoms with E-state index < -0.39 is 0 Å². The highest BCUT2D eigenvalue weighted by atomic mass is 16.2. The van der Waals surface area contributed by atoms with Crippen molar-refractivity contribution in [3.8, 4) is 0 Å². The van der Waals surface area contributed by atoms with Crippen LogP contribution in [-0.2, 0) is 4.79 Å². The molecule has 3 amide bonds. The molecule has 0 spiro atoms. The number of hydrogen-bond donors (Lipinski definition) is 1. The second-order valence-electron chi connectivity index (χ2n) is 7.11. The number of carbonyl (C=O) groups is 3. The molecule has 2 aromatic rings. The first-order valence-corrected chi connectivity index (χ1v) is 9.19. The predicted molar refractivity (Wildman–Crippen MR) is 104 cm³/mol. The lowest BCUT2D eigenvalue weighted by Crippen LogP contribution is -2.32. The summed E-state index contributed by atoms with van der Waals surface area (Å²) < 4.78 is 0. The lowest BCUT2D eigenvalue weighted by atomic mass is 10.1. The van der Waals surface area contributed by atoms with E-state index in [1.807, 2.05) is 51.1 Å². The Labute approximate surface area is 159 Å². The average Bonchev–Trinajstić information content (AvgIpc) is 2.86. The van der Waals surface area contributed by atoms with Gasteiger partial charge in [0.15, 0.2) is 0 Å². The molecule has 1 heterocycles. The van der Waals surface area contributed by atoms with Crippen molar-refractivity contribution in [1.29, 1.82) is 0 Å². The van der Waals surface area contributed by atoms with Gasteiger partial charge in [-0.3, -0.25) is 19.3 Å². The minimum Gasteiger partial charge on any atom is -0.350 e. The summed E-state index contributed by atoms with van der Waals surface area (Å²) in [6.07, 6.45) is 0.708. The smallest absolute Gasteiger partial charge is 0.261 e. The summed E-state index contributed by atoms with van der Waals surface area (Å²) in [5.74, 6) is -0.633. The first kappa shape index (κ1) is 18.8. The molecule has 0 aliphatic carbocycles. The highest BCUT2D eigenvalue weighted by molar-refractivity contribution is 6.21. The van der Waals surface area contributed by atoms with Crippen LogP contribution in [0.25, 0.3) is 0 Å². The Bertz CT molecular complexity index is 887. The highest BCUT2D eigenvalue weighted by Crippen LogP contribution is 2.24. The van der Waals surface area contributed by atoms with E-state index in [1.54, 1.807) is 12.1 Å². The van der Waals surface area contributed by atoms with E-state index in [0.29, 0.717) is 17.5 Å². The van der Waals surface area contributed by atoms with Crippen LogP contribution < -0.4 is 5.32 Å². The summed E-state index contributed by atoms with van der Waals surface area (Å²) in [6, 6.07) is 13.2. The zero-order chi connectivity index (χ0) is 19.6. The zero-order valence-corrected chi connectivity index (χ0v) is 15.9. The Hall–Kier alpha value is -2.95. The lowest BCUT2D eigenvalue weighted by molar-refractivity contribution is -0.121. The second kappa shape index (κ2) is 7.74. The van der Waals surface area contributed by atoms with E-state index in [0.717, 1.165) is 11.1 Å². The lowest BCUT2D eigenvalue weighted by Gasteiger charge is -2.16. The molecule has 2 aromatic carbocycles. The van der Waals surface area contributed by atoms with E-state index in [9.17, 15) is 14.4 Å². The van der Waals surface area contributed by atoms with Crippen molar-refractivity contribution >= 4 is 17.7 Å². The summed E-state index contributed by atoms with van der Waals surface area (Å²) in [4.78, 5) is 38.2. The molecular weight excluding hydrogens is 340 g/mol. The molecule has 140 valence electrons. The fourth-order valence-electron chi connectivity index (χ4n) is 3.26. The minimum atomic E-state index is -0.275. The number of carbonyl (C=O) groups excluding carboxylic acids is 3. The molecular formula is C22H24N2O3. The summed E-state index contributed by atoms with van der Waals surface area (Å²) in [6.45, 7) is 6.10. The van der Waals surface area contributed by atoms with Gasteiger partial charge in [0.2, 0.25) is 5.91 Å². The van der Waals surface area contributed by atoms with E-state index in [4.69, 9.17) is 0 Å². The van der Waals surface area contributed by atoms with Gasteiger partial charge < -0.3 is 5.32 Å². The van der Waals surface area contributed by atoms with Gasteiger partial charge in [0.1, 0.15) is 0 Å². The van der Waals surface area contributed by atoms with Crippen LogP contribution in [0.3, 0.4) is 0 Å². The van der Waals surface area contributed by atoms with Crippen molar-refractivity contribution < 1.29 is 14.4 Å². The molecule has 3 rings (SSSR count). The van der Waals surface area contributed by atoms with Gasteiger partial charge >= 0.3 is 0 Å². The third-order valence-corrected chi connectivity index (χ3v) is 4.87. The molecule has 0 bridgehead atoms. The topological polar surface area (TPSA) is 66.5 Å². The van der Waals surface area contributed by atoms with Crippen molar-refractivity contribution in [3.05, 3.63) is 70.3 Å². The normalized spacial score (nSPS) is 14.3. The van der Waals surface area contributed by atoms with Gasteiger partial charge in [0.25, 0.3) is 11.8 Å². The second-order valence-corrected chi connectivity index (χ2v) is 7.11. The number of fused-ring (bicyclic) bond motifs is 1. The molecule has 0 fully saturated rings. The van der Waals surface area contributed by atoms with Gasteiger partial charge in [-0.1, -0.05) is 41.5 Å². The maximum atomic E-state index is 12.4. The Kier molecular flexibility index (Phi) is 5.40. The number of hydrogen-bond acceptors (Lipinski definition) is 3. The summed E-state index contributed by atoms with van der Waals surface area (Å²) in [7, 11) is 0. The van der Waals surface area contributed by atoms with Crippen LogP contribution in [0.4, 0.5) is 0 Å². The van der Waals surface area contributed by atoms with Crippen LogP contribution in [0.1, 0.15) is 63.2 Å². The molecule has 0 radical (unpaired) electrons. The molecule has 0 saturated heterocycles. The monoisotopic (exact) mass is 364 g/mol. The van der Waals surface area contributed by atoms with Crippen LogP contribution in [0.2, 0.25) is 0 Å². The third-order valence-electron chi connectivity index (χ3n) is 4.87. The highest BCUT2D eigenvalue weighted by Gasteiger charge is 2.34. The fraction of sp³-hybridized carbons (Fsp3) is 0.318. The van der Waals surface area contributed by atoms with Crippen LogP contribution in [0, 0.1) is 13.8 Å². The van der Waals surface area contributed by atoms with Crippen LogP contribution in [0.5, 0.6) is 0 Å². The van der Waals surface area contributed by atoms with Gasteiger partial charge in [-0.15, -0.1) is 0 Å². The summed E-state index contributed by atoms with van der Waals surface area (Å²) in [5, 5.41) is 2.96. The Balaban J connectivity index is 1.51.